The minimum absolute atomic E-state index is 0.000765. The Labute approximate surface area is 111 Å². The van der Waals surface area contributed by atoms with Crippen molar-refractivity contribution < 1.29 is 18.0 Å². The molecule has 1 aromatic carbocycles. The summed E-state index contributed by atoms with van der Waals surface area (Å²) in [4.78, 5) is 24.3. The highest BCUT2D eigenvalue weighted by atomic mass is 32.2. The maximum absolute atomic E-state index is 12.0. The van der Waals surface area contributed by atoms with E-state index in [2.05, 4.69) is 5.92 Å². The van der Waals surface area contributed by atoms with Gasteiger partial charge in [0, 0.05) is 5.56 Å². The largest absolute Gasteiger partial charge is 0.299 e. The Kier molecular flexibility index (Phi) is 3.16. The van der Waals surface area contributed by atoms with E-state index in [1.54, 1.807) is 0 Å². The third kappa shape index (κ3) is 2.25. The average molecular weight is 277 g/mol. The summed E-state index contributed by atoms with van der Waals surface area (Å²) in [6.07, 6.45) is 5.18. The van der Waals surface area contributed by atoms with E-state index in [0.717, 1.165) is 0 Å². The topological polar surface area (TPSA) is 71.5 Å². The maximum Gasteiger partial charge on any atom is 0.243 e. The number of hydrogen-bond acceptors (Lipinski definition) is 4. The van der Waals surface area contributed by atoms with Gasteiger partial charge in [0.2, 0.25) is 5.91 Å². The van der Waals surface area contributed by atoms with E-state index in [1.165, 1.54) is 30.0 Å². The smallest absolute Gasteiger partial charge is 0.243 e. The number of fused-ring (bicyclic) bond motifs is 1. The molecule has 1 aromatic rings. The Bertz CT molecular complexity index is 713. The first-order valence-corrected chi connectivity index (χ1v) is 7.13. The Hall–Kier alpha value is -2.13. The fourth-order valence-electron chi connectivity index (χ4n) is 1.92. The average Bonchev–Trinajstić information content (AvgIpc) is 2.33. The van der Waals surface area contributed by atoms with Gasteiger partial charge in [-0.1, -0.05) is 5.92 Å². The number of ketones is 1. The number of amides is 1. The molecule has 0 fully saturated rings. The number of rotatable bonds is 2. The van der Waals surface area contributed by atoms with Crippen molar-refractivity contribution in [3.63, 3.8) is 0 Å². The maximum atomic E-state index is 12.0. The van der Waals surface area contributed by atoms with Crippen molar-refractivity contribution in [1.82, 2.24) is 0 Å². The summed E-state index contributed by atoms with van der Waals surface area (Å²) in [5.41, 5.74) is 0.525. The molecule has 98 valence electrons. The number of carbonyl (C=O) groups is 2. The summed E-state index contributed by atoms with van der Waals surface area (Å²) in [7, 11) is -3.71. The summed E-state index contributed by atoms with van der Waals surface area (Å²) in [6, 6.07) is 4.22. The third-order valence-electron chi connectivity index (χ3n) is 2.86. The molecule has 0 atom stereocenters. The first-order valence-electron chi connectivity index (χ1n) is 5.48. The molecule has 0 radical (unpaired) electrons. The molecular formula is C13H11NO4S. The number of terminal acetylenes is 1. The van der Waals surface area contributed by atoms with Crippen LogP contribution in [0, 0.1) is 12.3 Å². The van der Waals surface area contributed by atoms with Crippen LogP contribution in [0.3, 0.4) is 0 Å². The van der Waals surface area contributed by atoms with E-state index in [9.17, 15) is 18.0 Å². The van der Waals surface area contributed by atoms with Crippen molar-refractivity contribution in [3.8, 4) is 12.3 Å². The standard InChI is InChI=1S/C13H11NO4S/c1-3-6-14-11-5-4-10(9(2)15)7-12(11)19(17,18)8-13(14)16/h1,4-5,7H,6,8H2,2H3. The second-order valence-electron chi connectivity index (χ2n) is 4.18. The Morgan fingerprint density at radius 2 is 2.16 bits per heavy atom. The van der Waals surface area contributed by atoms with Gasteiger partial charge in [-0.2, -0.15) is 0 Å². The van der Waals surface area contributed by atoms with Gasteiger partial charge in [0.25, 0.3) is 0 Å². The van der Waals surface area contributed by atoms with Crippen molar-refractivity contribution in [3.05, 3.63) is 23.8 Å². The van der Waals surface area contributed by atoms with E-state index < -0.39 is 21.5 Å². The molecule has 0 aliphatic carbocycles. The van der Waals surface area contributed by atoms with Gasteiger partial charge in [-0.05, 0) is 25.1 Å². The van der Waals surface area contributed by atoms with E-state index in [4.69, 9.17) is 6.42 Å². The van der Waals surface area contributed by atoms with Gasteiger partial charge < -0.3 is 0 Å². The molecule has 1 amide bonds. The van der Waals surface area contributed by atoms with E-state index in [0.29, 0.717) is 0 Å². The molecule has 0 saturated heterocycles. The number of Topliss-reactive ketones (excluding diaryl/α,β-unsaturated/α-hetero) is 1. The molecule has 0 bridgehead atoms. The van der Waals surface area contributed by atoms with Gasteiger partial charge in [-0.25, -0.2) is 8.42 Å². The van der Waals surface area contributed by atoms with Crippen LogP contribution in [0.5, 0.6) is 0 Å². The number of benzene rings is 1. The molecule has 0 N–H and O–H groups in total. The number of carbonyl (C=O) groups excluding carboxylic acids is 2. The highest BCUT2D eigenvalue weighted by molar-refractivity contribution is 7.92. The van der Waals surface area contributed by atoms with Crippen LogP contribution in [0.2, 0.25) is 0 Å². The van der Waals surface area contributed by atoms with Gasteiger partial charge in [0.05, 0.1) is 17.1 Å². The highest BCUT2D eigenvalue weighted by Gasteiger charge is 2.34. The summed E-state index contributed by atoms with van der Waals surface area (Å²) >= 11 is 0. The van der Waals surface area contributed by atoms with Crippen LogP contribution in [0.1, 0.15) is 17.3 Å². The fraction of sp³-hybridized carbons (Fsp3) is 0.231. The lowest BCUT2D eigenvalue weighted by Gasteiger charge is -2.27. The predicted molar refractivity (Wildman–Crippen MR) is 69.7 cm³/mol. The summed E-state index contributed by atoms with van der Waals surface area (Å²) < 4.78 is 24.0. The first kappa shape index (κ1) is 13.3. The summed E-state index contributed by atoms with van der Waals surface area (Å²) in [6.45, 7) is 1.35. The predicted octanol–water partition coefficient (Wildman–Crippen LogP) is 0.643. The van der Waals surface area contributed by atoms with Gasteiger partial charge >= 0.3 is 0 Å². The van der Waals surface area contributed by atoms with Gasteiger partial charge in [0.1, 0.15) is 5.75 Å². The molecule has 1 aliphatic heterocycles. The lowest BCUT2D eigenvalue weighted by molar-refractivity contribution is -0.116. The van der Waals surface area contributed by atoms with E-state index in [1.807, 2.05) is 0 Å². The van der Waals surface area contributed by atoms with Crippen LogP contribution in [-0.2, 0) is 14.6 Å². The third-order valence-corrected chi connectivity index (χ3v) is 4.48. The number of nitrogens with zero attached hydrogens (tertiary/aromatic N) is 1. The normalized spacial score (nSPS) is 16.6. The lowest BCUT2D eigenvalue weighted by atomic mass is 10.1. The molecule has 19 heavy (non-hydrogen) atoms. The number of hydrogen-bond donors (Lipinski definition) is 0. The molecule has 2 rings (SSSR count). The Balaban J connectivity index is 2.68. The molecule has 1 heterocycles. The van der Waals surface area contributed by atoms with Crippen LogP contribution in [0.4, 0.5) is 5.69 Å². The summed E-state index contributed by atoms with van der Waals surface area (Å²) in [5, 5.41) is 0. The van der Waals surface area contributed by atoms with Crippen LogP contribution < -0.4 is 4.90 Å². The van der Waals surface area contributed by atoms with Crippen LogP contribution in [-0.4, -0.2) is 32.4 Å². The monoisotopic (exact) mass is 277 g/mol. The lowest BCUT2D eigenvalue weighted by Crippen LogP contribution is -2.41. The molecule has 0 unspecified atom stereocenters. The number of sulfone groups is 1. The van der Waals surface area contributed by atoms with Crippen molar-refractivity contribution in [2.75, 3.05) is 17.2 Å². The van der Waals surface area contributed by atoms with Crippen LogP contribution >= 0.6 is 0 Å². The SMILES string of the molecule is C#CCN1C(=O)CS(=O)(=O)c2cc(C(C)=O)ccc21. The molecule has 0 aromatic heterocycles. The minimum atomic E-state index is -3.71. The van der Waals surface area contributed by atoms with E-state index in [-0.39, 0.29) is 28.5 Å². The van der Waals surface area contributed by atoms with Gasteiger partial charge in [0.15, 0.2) is 15.6 Å². The molecule has 1 aliphatic rings. The van der Waals surface area contributed by atoms with Crippen molar-refractivity contribution >= 4 is 27.2 Å². The second kappa shape index (κ2) is 4.52. The van der Waals surface area contributed by atoms with Crippen molar-refractivity contribution in [2.24, 2.45) is 0 Å². The Morgan fingerprint density at radius 3 is 2.74 bits per heavy atom. The zero-order chi connectivity index (χ0) is 14.2. The van der Waals surface area contributed by atoms with Crippen molar-refractivity contribution in [1.29, 1.82) is 0 Å². The van der Waals surface area contributed by atoms with Gasteiger partial charge in [-0.3, -0.25) is 14.5 Å². The molecule has 6 heteroatoms. The zero-order valence-electron chi connectivity index (χ0n) is 10.2. The fourth-order valence-corrected chi connectivity index (χ4v) is 3.36. The number of anilines is 1. The highest BCUT2D eigenvalue weighted by Crippen LogP contribution is 2.31. The molecule has 0 spiro atoms. The van der Waals surface area contributed by atoms with Crippen LogP contribution in [0.15, 0.2) is 23.1 Å². The summed E-state index contributed by atoms with van der Waals surface area (Å²) in [5.74, 6) is 0.903. The zero-order valence-corrected chi connectivity index (χ0v) is 11.0. The minimum Gasteiger partial charge on any atom is -0.299 e. The van der Waals surface area contributed by atoms with Crippen LogP contribution in [0.25, 0.3) is 0 Å². The Morgan fingerprint density at radius 1 is 1.47 bits per heavy atom. The van der Waals surface area contributed by atoms with E-state index >= 15 is 0 Å². The van der Waals surface area contributed by atoms with Crippen molar-refractivity contribution in [2.45, 2.75) is 11.8 Å². The molecule has 0 saturated carbocycles. The molecule has 5 nitrogen and oxygen atoms in total. The molecular weight excluding hydrogens is 266 g/mol. The quantitative estimate of drug-likeness (QED) is 0.587. The van der Waals surface area contributed by atoms with Gasteiger partial charge in [-0.15, -0.1) is 6.42 Å². The first-order chi connectivity index (χ1) is 8.86. The second-order valence-corrected chi connectivity index (χ2v) is 6.14.